The van der Waals surface area contributed by atoms with Crippen LogP contribution in [0.4, 0.5) is 0 Å². The monoisotopic (exact) mass is 415 g/mol. The lowest BCUT2D eigenvalue weighted by atomic mass is 10.0. The Hall–Kier alpha value is -1.31. The lowest BCUT2D eigenvalue weighted by Crippen LogP contribution is -2.08. The molecule has 0 aliphatic heterocycles. The fourth-order valence-electron chi connectivity index (χ4n) is 2.20. The topological polar surface area (TPSA) is 55.4 Å². The van der Waals surface area contributed by atoms with Crippen molar-refractivity contribution < 1.29 is 9.52 Å². The van der Waals surface area contributed by atoms with Crippen LogP contribution < -0.4 is 5.76 Å². The molecule has 0 fully saturated rings. The normalized spacial score (nSPS) is 12.8. The first-order chi connectivity index (χ1) is 9.97. The molecule has 0 bridgehead atoms. The number of halogens is 2. The molecule has 0 aliphatic carbocycles. The summed E-state index contributed by atoms with van der Waals surface area (Å²) < 4.78 is 7.49. The van der Waals surface area contributed by atoms with E-state index in [1.807, 2.05) is 12.1 Å². The highest BCUT2D eigenvalue weighted by atomic mass is 127. The molecule has 3 rings (SSSR count). The van der Waals surface area contributed by atoms with Gasteiger partial charge in [-0.1, -0.05) is 23.7 Å². The summed E-state index contributed by atoms with van der Waals surface area (Å²) in [5.41, 5.74) is 2.49. The summed E-state index contributed by atoms with van der Waals surface area (Å²) in [5, 5.41) is 11.1. The second-order valence-electron chi connectivity index (χ2n) is 4.73. The van der Waals surface area contributed by atoms with Crippen molar-refractivity contribution in [3.63, 3.8) is 0 Å². The lowest BCUT2D eigenvalue weighted by Gasteiger charge is -2.12. The fraction of sp³-hybridized carbons (Fsp3) is 0.133. The van der Waals surface area contributed by atoms with Gasteiger partial charge in [-0.25, -0.2) is 4.79 Å². The third kappa shape index (κ3) is 2.61. The Morgan fingerprint density at radius 2 is 1.90 bits per heavy atom. The van der Waals surface area contributed by atoms with E-state index < -0.39 is 11.9 Å². The van der Waals surface area contributed by atoms with Crippen LogP contribution in [0.1, 0.15) is 17.2 Å². The number of aliphatic hydroxyl groups excluding tert-OH is 1. The van der Waals surface area contributed by atoms with Crippen molar-refractivity contribution in [2.24, 2.45) is 7.05 Å². The molecule has 1 N–H and O–H groups in total. The van der Waals surface area contributed by atoms with Crippen LogP contribution in [-0.2, 0) is 7.05 Å². The minimum absolute atomic E-state index is 0.422. The van der Waals surface area contributed by atoms with Crippen LogP contribution in [0.2, 0.25) is 5.02 Å². The first kappa shape index (κ1) is 14.6. The molecule has 0 saturated heterocycles. The largest absolute Gasteiger partial charge is 0.419 e. The zero-order valence-electron chi connectivity index (χ0n) is 11.0. The predicted molar refractivity (Wildman–Crippen MR) is 89.7 cm³/mol. The van der Waals surface area contributed by atoms with E-state index in [2.05, 4.69) is 22.6 Å². The molecule has 0 amide bonds. The zero-order chi connectivity index (χ0) is 15.1. The van der Waals surface area contributed by atoms with Crippen LogP contribution in [-0.4, -0.2) is 9.67 Å². The summed E-state index contributed by atoms with van der Waals surface area (Å²) in [6.07, 6.45) is -0.825. The number of hydrogen-bond acceptors (Lipinski definition) is 3. The van der Waals surface area contributed by atoms with Crippen molar-refractivity contribution >= 4 is 45.3 Å². The summed E-state index contributed by atoms with van der Waals surface area (Å²) in [6, 6.07) is 10.6. The van der Waals surface area contributed by atoms with Gasteiger partial charge in [0.2, 0.25) is 0 Å². The standard InChI is InChI=1S/C15H11ClINO3/c1-18-12-5-3-9(7-13(12)21-15(18)20)14(19)8-2-4-11(17)10(16)6-8/h2-7,14,19H,1H3. The number of rotatable bonds is 2. The van der Waals surface area contributed by atoms with Crippen molar-refractivity contribution in [3.05, 3.63) is 66.7 Å². The second-order valence-corrected chi connectivity index (χ2v) is 6.30. The minimum Gasteiger partial charge on any atom is -0.408 e. The summed E-state index contributed by atoms with van der Waals surface area (Å²) in [6.45, 7) is 0. The molecule has 4 nitrogen and oxygen atoms in total. The van der Waals surface area contributed by atoms with Crippen LogP contribution >= 0.6 is 34.2 Å². The maximum atomic E-state index is 11.5. The third-order valence-corrected chi connectivity index (χ3v) is 4.96. The van der Waals surface area contributed by atoms with Gasteiger partial charge in [0.1, 0.15) is 6.10 Å². The molecule has 1 aromatic heterocycles. The number of aliphatic hydroxyl groups is 1. The van der Waals surface area contributed by atoms with E-state index in [0.29, 0.717) is 27.2 Å². The van der Waals surface area contributed by atoms with Gasteiger partial charge in [-0.05, 0) is 58.0 Å². The van der Waals surface area contributed by atoms with E-state index in [1.54, 1.807) is 31.3 Å². The molecular formula is C15H11ClINO3. The molecule has 3 aromatic rings. The average Bonchev–Trinajstić information content (AvgIpc) is 2.76. The van der Waals surface area contributed by atoms with Crippen molar-refractivity contribution in [1.82, 2.24) is 4.57 Å². The second kappa shape index (κ2) is 5.47. The van der Waals surface area contributed by atoms with Crippen LogP contribution in [0.15, 0.2) is 45.6 Å². The Labute approximate surface area is 139 Å². The molecule has 0 saturated carbocycles. The predicted octanol–water partition coefficient (Wildman–Crippen LogP) is 3.47. The quantitative estimate of drug-likeness (QED) is 0.652. The van der Waals surface area contributed by atoms with Crippen LogP contribution in [0.25, 0.3) is 11.1 Å². The van der Waals surface area contributed by atoms with Gasteiger partial charge in [0.05, 0.1) is 10.5 Å². The van der Waals surface area contributed by atoms with E-state index in [1.165, 1.54) is 4.57 Å². The van der Waals surface area contributed by atoms with Crippen LogP contribution in [0.5, 0.6) is 0 Å². The first-order valence-corrected chi connectivity index (χ1v) is 7.65. The number of hydrogen-bond donors (Lipinski definition) is 1. The van der Waals surface area contributed by atoms with Crippen molar-refractivity contribution in [2.45, 2.75) is 6.10 Å². The van der Waals surface area contributed by atoms with E-state index in [-0.39, 0.29) is 0 Å². The van der Waals surface area contributed by atoms with Gasteiger partial charge in [-0.2, -0.15) is 0 Å². The third-order valence-electron chi connectivity index (χ3n) is 3.39. The van der Waals surface area contributed by atoms with E-state index >= 15 is 0 Å². The molecule has 21 heavy (non-hydrogen) atoms. The molecular weight excluding hydrogens is 405 g/mol. The molecule has 2 aromatic carbocycles. The first-order valence-electron chi connectivity index (χ1n) is 6.20. The summed E-state index contributed by atoms with van der Waals surface area (Å²) in [7, 11) is 1.64. The number of aromatic nitrogens is 1. The van der Waals surface area contributed by atoms with E-state index in [4.69, 9.17) is 16.0 Å². The highest BCUT2D eigenvalue weighted by Crippen LogP contribution is 2.28. The molecule has 6 heteroatoms. The zero-order valence-corrected chi connectivity index (χ0v) is 13.9. The number of fused-ring (bicyclic) bond motifs is 1. The summed E-state index contributed by atoms with van der Waals surface area (Å²) >= 11 is 8.21. The van der Waals surface area contributed by atoms with Gasteiger partial charge in [0.15, 0.2) is 5.58 Å². The lowest BCUT2D eigenvalue weighted by molar-refractivity contribution is 0.220. The van der Waals surface area contributed by atoms with Gasteiger partial charge < -0.3 is 9.52 Å². The molecule has 0 spiro atoms. The van der Waals surface area contributed by atoms with Gasteiger partial charge in [-0.3, -0.25) is 4.57 Å². The SMILES string of the molecule is Cn1c(=O)oc2cc(C(O)c3ccc(I)c(Cl)c3)ccc21. The highest BCUT2D eigenvalue weighted by Gasteiger charge is 2.14. The number of aryl methyl sites for hydroxylation is 1. The van der Waals surface area contributed by atoms with Crippen molar-refractivity contribution in [3.8, 4) is 0 Å². The molecule has 1 atom stereocenters. The summed E-state index contributed by atoms with van der Waals surface area (Å²) in [4.78, 5) is 11.5. The maximum absolute atomic E-state index is 11.5. The van der Waals surface area contributed by atoms with Gasteiger partial charge in [0.25, 0.3) is 0 Å². The minimum atomic E-state index is -0.825. The Kier molecular flexibility index (Phi) is 3.81. The fourth-order valence-corrected chi connectivity index (χ4v) is 2.72. The number of benzene rings is 2. The molecule has 0 radical (unpaired) electrons. The van der Waals surface area contributed by atoms with Gasteiger partial charge in [0, 0.05) is 10.6 Å². The van der Waals surface area contributed by atoms with Gasteiger partial charge in [-0.15, -0.1) is 0 Å². The Morgan fingerprint density at radius 3 is 2.62 bits per heavy atom. The Balaban J connectivity index is 2.06. The van der Waals surface area contributed by atoms with Gasteiger partial charge >= 0.3 is 5.76 Å². The highest BCUT2D eigenvalue weighted by molar-refractivity contribution is 14.1. The van der Waals surface area contributed by atoms with Crippen molar-refractivity contribution in [1.29, 1.82) is 0 Å². The number of nitrogens with zero attached hydrogens (tertiary/aromatic N) is 1. The molecule has 1 heterocycles. The van der Waals surface area contributed by atoms with Crippen LogP contribution in [0, 0.1) is 3.57 Å². The maximum Gasteiger partial charge on any atom is 0.419 e. The smallest absolute Gasteiger partial charge is 0.408 e. The molecule has 1 unspecified atom stereocenters. The van der Waals surface area contributed by atoms with Crippen LogP contribution in [0.3, 0.4) is 0 Å². The summed E-state index contributed by atoms with van der Waals surface area (Å²) in [5.74, 6) is -0.422. The average molecular weight is 416 g/mol. The Bertz CT molecular complexity index is 884. The number of oxazole rings is 1. The van der Waals surface area contributed by atoms with E-state index in [9.17, 15) is 9.90 Å². The van der Waals surface area contributed by atoms with E-state index in [0.717, 1.165) is 3.57 Å². The molecule has 108 valence electrons. The molecule has 0 aliphatic rings. The Morgan fingerprint density at radius 1 is 1.24 bits per heavy atom. The van der Waals surface area contributed by atoms with Crippen molar-refractivity contribution in [2.75, 3.05) is 0 Å².